The van der Waals surface area contributed by atoms with Crippen LogP contribution in [0.1, 0.15) is 105 Å². The molecule has 0 radical (unpaired) electrons. The molecular formula is C22H48SSi. The van der Waals surface area contributed by atoms with Crippen LogP contribution in [0.4, 0.5) is 0 Å². The van der Waals surface area contributed by atoms with Crippen molar-refractivity contribution in [2.24, 2.45) is 0 Å². The van der Waals surface area contributed by atoms with Gasteiger partial charge >= 0.3 is 0 Å². The molecule has 0 aromatic carbocycles. The Hall–Kier alpha value is 0.567. The predicted octanol–water partition coefficient (Wildman–Crippen LogP) is 8.93. The molecule has 0 aromatic heterocycles. The summed E-state index contributed by atoms with van der Waals surface area (Å²) in [5.74, 6) is 2.67. The number of unbranched alkanes of at least 4 members (excludes halogenated alkanes) is 11. The Kier molecular flexibility index (Phi) is 15.1. The van der Waals surface area contributed by atoms with Gasteiger partial charge in [-0.15, -0.1) is 0 Å². The van der Waals surface area contributed by atoms with E-state index in [0.717, 1.165) is 0 Å². The van der Waals surface area contributed by atoms with Crippen LogP contribution < -0.4 is 0 Å². The molecule has 0 aliphatic carbocycles. The van der Waals surface area contributed by atoms with Gasteiger partial charge in [-0.1, -0.05) is 117 Å². The molecule has 0 bridgehead atoms. The Morgan fingerprint density at radius 2 is 1.00 bits per heavy atom. The molecule has 0 fully saturated rings. The van der Waals surface area contributed by atoms with Crippen LogP contribution in [0.2, 0.25) is 24.2 Å². The highest BCUT2D eigenvalue weighted by Gasteiger charge is 2.33. The van der Waals surface area contributed by atoms with Crippen LogP contribution in [0.25, 0.3) is 0 Å². The second kappa shape index (κ2) is 14.7. The van der Waals surface area contributed by atoms with Crippen LogP contribution in [0.5, 0.6) is 0 Å². The molecule has 0 atom stereocenters. The fraction of sp³-hybridized carbons (Fsp3) is 1.00. The van der Waals surface area contributed by atoms with E-state index in [9.17, 15) is 0 Å². The molecule has 0 aromatic rings. The molecule has 2 heteroatoms. The summed E-state index contributed by atoms with van der Waals surface area (Å²) in [5.41, 5.74) is 0. The third-order valence-electron chi connectivity index (χ3n) is 6.07. The quantitative estimate of drug-likeness (QED) is 0.192. The van der Waals surface area contributed by atoms with Crippen LogP contribution in [0.15, 0.2) is 0 Å². The second-order valence-corrected chi connectivity index (χ2v) is 16.5. The summed E-state index contributed by atoms with van der Waals surface area (Å²) < 4.78 is 0. The molecule has 0 unspecified atom stereocenters. The molecule has 0 rings (SSSR count). The van der Waals surface area contributed by atoms with Gasteiger partial charge < -0.3 is 0 Å². The maximum atomic E-state index is 2.58. The first kappa shape index (κ1) is 24.6. The smallest absolute Gasteiger partial charge is 0.0527 e. The van der Waals surface area contributed by atoms with Crippen molar-refractivity contribution in [3.63, 3.8) is 0 Å². The van der Waals surface area contributed by atoms with Crippen molar-refractivity contribution in [3.05, 3.63) is 0 Å². The van der Waals surface area contributed by atoms with E-state index >= 15 is 0 Å². The van der Waals surface area contributed by atoms with Gasteiger partial charge in [0.2, 0.25) is 0 Å². The molecule has 0 saturated heterocycles. The fourth-order valence-corrected chi connectivity index (χ4v) is 5.64. The summed E-state index contributed by atoms with van der Waals surface area (Å²) in [5, 5.41) is 0.571. The normalized spacial score (nSPS) is 12.8. The highest BCUT2D eigenvalue weighted by molar-refractivity contribution is 7.99. The van der Waals surface area contributed by atoms with Crippen LogP contribution in [-0.2, 0) is 0 Å². The molecule has 0 nitrogen and oxygen atoms in total. The lowest BCUT2D eigenvalue weighted by atomic mass is 10.1. The summed E-state index contributed by atoms with van der Waals surface area (Å²) >= 11 is 2.10. The summed E-state index contributed by atoms with van der Waals surface area (Å²) in [6, 6.07) is 1.52. The Balaban J connectivity index is 3.24. The van der Waals surface area contributed by atoms with Gasteiger partial charge in [-0.25, -0.2) is 0 Å². The van der Waals surface area contributed by atoms with Crippen molar-refractivity contribution in [2.45, 2.75) is 129 Å². The van der Waals surface area contributed by atoms with E-state index in [4.69, 9.17) is 0 Å². The lowest BCUT2D eigenvalue weighted by molar-refractivity contribution is 0.547. The largest absolute Gasteiger partial charge is 0.162 e. The van der Waals surface area contributed by atoms with Crippen molar-refractivity contribution in [3.8, 4) is 0 Å². The zero-order valence-corrected chi connectivity index (χ0v) is 19.8. The predicted molar refractivity (Wildman–Crippen MR) is 120 cm³/mol. The third-order valence-corrected chi connectivity index (χ3v) is 12.7. The summed E-state index contributed by atoms with van der Waals surface area (Å²) in [7, 11) is -1.01. The van der Waals surface area contributed by atoms with Crippen molar-refractivity contribution in [1.82, 2.24) is 0 Å². The SMILES string of the molecule is CCSCCCCCCCCCCCCCC[Si](C)(C)C(C)(C)C. The molecule has 0 aliphatic rings. The monoisotopic (exact) mass is 372 g/mol. The van der Waals surface area contributed by atoms with Crippen LogP contribution in [0, 0.1) is 0 Å². The van der Waals surface area contributed by atoms with E-state index in [1.807, 2.05) is 0 Å². The Labute approximate surface area is 160 Å². The molecule has 0 heterocycles. The number of hydrogen-bond acceptors (Lipinski definition) is 1. The van der Waals surface area contributed by atoms with Crippen molar-refractivity contribution in [1.29, 1.82) is 0 Å². The standard InChI is InChI=1S/C22H48SSi/c1-7-23-20-18-16-14-12-10-8-9-11-13-15-17-19-21-24(5,6)22(2,3)4/h7-21H2,1-6H3. The number of hydrogen-bond donors (Lipinski definition) is 0. The Morgan fingerprint density at radius 1 is 0.625 bits per heavy atom. The third kappa shape index (κ3) is 13.8. The molecule has 0 N–H and O–H groups in total. The molecule has 0 spiro atoms. The number of thioether (sulfide) groups is 1. The topological polar surface area (TPSA) is 0 Å². The highest BCUT2D eigenvalue weighted by Crippen LogP contribution is 2.39. The zero-order valence-electron chi connectivity index (χ0n) is 18.0. The van der Waals surface area contributed by atoms with Gasteiger partial charge in [-0.3, -0.25) is 0 Å². The van der Waals surface area contributed by atoms with Crippen molar-refractivity contribution < 1.29 is 0 Å². The van der Waals surface area contributed by atoms with E-state index in [-0.39, 0.29) is 0 Å². The Morgan fingerprint density at radius 3 is 1.38 bits per heavy atom. The number of rotatable bonds is 16. The van der Waals surface area contributed by atoms with Gasteiger partial charge in [0, 0.05) is 0 Å². The summed E-state index contributed by atoms with van der Waals surface area (Å²) in [6.07, 6.45) is 17.7. The molecule has 0 aliphatic heterocycles. The lowest BCUT2D eigenvalue weighted by Crippen LogP contribution is -2.36. The summed E-state index contributed by atoms with van der Waals surface area (Å²) in [4.78, 5) is 0. The first-order valence-corrected chi connectivity index (χ1v) is 15.2. The molecule has 24 heavy (non-hydrogen) atoms. The first-order valence-electron chi connectivity index (χ1n) is 10.9. The van der Waals surface area contributed by atoms with Gasteiger partial charge in [-0.2, -0.15) is 11.8 Å². The van der Waals surface area contributed by atoms with Gasteiger partial charge in [0.15, 0.2) is 0 Å². The van der Waals surface area contributed by atoms with Crippen LogP contribution in [0.3, 0.4) is 0 Å². The maximum absolute atomic E-state index is 2.58. The van der Waals surface area contributed by atoms with Gasteiger partial charge in [0.05, 0.1) is 8.07 Å². The van der Waals surface area contributed by atoms with Crippen LogP contribution in [-0.4, -0.2) is 19.6 Å². The highest BCUT2D eigenvalue weighted by atomic mass is 32.2. The molecular weight excluding hydrogens is 324 g/mol. The van der Waals surface area contributed by atoms with Crippen molar-refractivity contribution >= 4 is 19.8 Å². The van der Waals surface area contributed by atoms with E-state index < -0.39 is 8.07 Å². The van der Waals surface area contributed by atoms with E-state index in [1.165, 1.54) is 94.6 Å². The Bertz CT molecular complexity index is 268. The maximum Gasteiger partial charge on any atom is 0.0527 e. The minimum absolute atomic E-state index is 0.571. The minimum Gasteiger partial charge on any atom is -0.162 e. The van der Waals surface area contributed by atoms with Gasteiger partial charge in [0.25, 0.3) is 0 Å². The van der Waals surface area contributed by atoms with E-state index in [1.54, 1.807) is 0 Å². The van der Waals surface area contributed by atoms with E-state index in [2.05, 4.69) is 52.6 Å². The second-order valence-electron chi connectivity index (χ2n) is 9.32. The fourth-order valence-electron chi connectivity index (χ4n) is 3.06. The average molecular weight is 373 g/mol. The van der Waals surface area contributed by atoms with Crippen LogP contribution >= 0.6 is 11.8 Å². The average Bonchev–Trinajstić information content (AvgIpc) is 2.50. The molecule has 146 valence electrons. The van der Waals surface area contributed by atoms with Gasteiger partial charge in [0.1, 0.15) is 0 Å². The molecule has 0 saturated carbocycles. The molecule has 0 amide bonds. The van der Waals surface area contributed by atoms with Crippen molar-refractivity contribution in [2.75, 3.05) is 11.5 Å². The lowest BCUT2D eigenvalue weighted by Gasteiger charge is -2.37. The first-order chi connectivity index (χ1) is 11.3. The zero-order chi connectivity index (χ0) is 18.3. The minimum atomic E-state index is -1.01. The van der Waals surface area contributed by atoms with Gasteiger partial charge in [-0.05, 0) is 23.0 Å². The van der Waals surface area contributed by atoms with E-state index in [0.29, 0.717) is 5.04 Å². The summed E-state index contributed by atoms with van der Waals surface area (Å²) in [6.45, 7) is 14.8.